The van der Waals surface area contributed by atoms with Gasteiger partial charge in [-0.25, -0.2) is 19.7 Å². The van der Waals surface area contributed by atoms with Gasteiger partial charge in [0.2, 0.25) is 5.91 Å². The molecule has 3 heterocycles. The van der Waals surface area contributed by atoms with Crippen LogP contribution in [0.5, 0.6) is 0 Å². The average Bonchev–Trinajstić information content (AvgIpc) is 3.37. The molecule has 218 valence electrons. The van der Waals surface area contributed by atoms with Gasteiger partial charge in [-0.2, -0.15) is 0 Å². The second-order valence-corrected chi connectivity index (χ2v) is 10.1. The summed E-state index contributed by atoms with van der Waals surface area (Å²) in [6, 6.07) is 15.1. The Morgan fingerprint density at radius 2 is 1.83 bits per heavy atom. The Morgan fingerprint density at radius 1 is 1.07 bits per heavy atom. The standard InChI is InChI=1S/C31H35N7O4/c1-4-38-25(20-36(2)19-22-10-8-21(9-11-22)12-13-26(39)41-3)33-27-30(37-14-16-42-17-15-37)34-29(35-31(27)38)24-7-5-6-23(18-24)28(32)40/h5-13,18H,4,14-17,19-20H2,1-3H3,(H2,32,40). The van der Waals surface area contributed by atoms with Crippen LogP contribution in [-0.2, 0) is 33.9 Å². The lowest BCUT2D eigenvalue weighted by atomic mass is 10.1. The molecule has 1 amide bonds. The smallest absolute Gasteiger partial charge is 0.330 e. The van der Waals surface area contributed by atoms with Crippen LogP contribution in [0, 0.1) is 0 Å². The van der Waals surface area contributed by atoms with E-state index in [1.54, 1.807) is 24.3 Å². The highest BCUT2D eigenvalue weighted by molar-refractivity contribution is 5.94. The summed E-state index contributed by atoms with van der Waals surface area (Å²) < 4.78 is 12.4. The average molecular weight is 570 g/mol. The van der Waals surface area contributed by atoms with Gasteiger partial charge in [-0.1, -0.05) is 36.4 Å². The third-order valence-corrected chi connectivity index (χ3v) is 7.14. The van der Waals surface area contributed by atoms with E-state index in [4.69, 9.17) is 25.4 Å². The molecule has 11 heteroatoms. The Bertz CT molecular complexity index is 1610. The lowest BCUT2D eigenvalue weighted by molar-refractivity contribution is -0.134. The predicted molar refractivity (Wildman–Crippen MR) is 161 cm³/mol. The Morgan fingerprint density at radius 3 is 2.52 bits per heavy atom. The number of morpholine rings is 1. The van der Waals surface area contributed by atoms with Crippen molar-refractivity contribution >= 4 is 34.9 Å². The van der Waals surface area contributed by atoms with E-state index in [1.165, 1.54) is 13.2 Å². The zero-order valence-corrected chi connectivity index (χ0v) is 24.1. The first-order chi connectivity index (χ1) is 20.4. The quantitative estimate of drug-likeness (QED) is 0.226. The molecule has 4 aromatic rings. The fourth-order valence-corrected chi connectivity index (χ4v) is 5.00. The SMILES string of the molecule is CCn1c(CN(C)Cc2ccc(C=CC(=O)OC)cc2)nc2c(N3CCOCC3)nc(-c3cccc(C(N)=O)c3)nc21. The van der Waals surface area contributed by atoms with Crippen molar-refractivity contribution < 1.29 is 19.1 Å². The third-order valence-electron chi connectivity index (χ3n) is 7.14. The number of ether oxygens (including phenoxy) is 2. The summed E-state index contributed by atoms with van der Waals surface area (Å²) in [7, 11) is 3.41. The summed E-state index contributed by atoms with van der Waals surface area (Å²) in [6.07, 6.45) is 3.14. The molecule has 11 nitrogen and oxygen atoms in total. The molecular formula is C31H35N7O4. The van der Waals surface area contributed by atoms with Crippen LogP contribution in [0.2, 0.25) is 0 Å². The zero-order chi connectivity index (χ0) is 29.6. The zero-order valence-electron chi connectivity index (χ0n) is 24.1. The number of nitrogens with two attached hydrogens (primary N) is 1. The number of rotatable bonds is 10. The van der Waals surface area contributed by atoms with Gasteiger partial charge in [-0.05, 0) is 43.3 Å². The number of anilines is 1. The minimum absolute atomic E-state index is 0.384. The van der Waals surface area contributed by atoms with Crippen LogP contribution in [0.25, 0.3) is 28.6 Å². The molecule has 0 saturated carbocycles. The fourth-order valence-electron chi connectivity index (χ4n) is 5.00. The molecule has 2 N–H and O–H groups in total. The van der Waals surface area contributed by atoms with Crippen molar-refractivity contribution in [2.75, 3.05) is 45.4 Å². The first-order valence-electron chi connectivity index (χ1n) is 13.9. The van der Waals surface area contributed by atoms with Crippen LogP contribution < -0.4 is 10.6 Å². The Labute approximate surface area is 244 Å². The molecule has 0 atom stereocenters. The number of esters is 1. The molecule has 1 aliphatic rings. The third kappa shape index (κ3) is 6.48. The van der Waals surface area contributed by atoms with E-state index >= 15 is 0 Å². The number of primary amides is 1. The number of nitrogens with zero attached hydrogens (tertiary/aromatic N) is 6. The normalized spacial score (nSPS) is 13.8. The maximum absolute atomic E-state index is 11.9. The molecule has 0 unspecified atom stereocenters. The van der Waals surface area contributed by atoms with E-state index in [-0.39, 0.29) is 5.97 Å². The Hall–Kier alpha value is -4.61. The lowest BCUT2D eigenvalue weighted by Gasteiger charge is -2.28. The summed E-state index contributed by atoms with van der Waals surface area (Å²) in [5, 5.41) is 0. The van der Waals surface area contributed by atoms with Crippen molar-refractivity contribution in [3.05, 3.63) is 77.1 Å². The van der Waals surface area contributed by atoms with Crippen LogP contribution in [-0.4, -0.2) is 76.8 Å². The number of hydrogen-bond acceptors (Lipinski definition) is 9. The summed E-state index contributed by atoms with van der Waals surface area (Å²) in [5.41, 5.74) is 10.2. The van der Waals surface area contributed by atoms with E-state index in [0.29, 0.717) is 57.3 Å². The highest BCUT2D eigenvalue weighted by Crippen LogP contribution is 2.29. The van der Waals surface area contributed by atoms with Gasteiger partial charge in [-0.15, -0.1) is 0 Å². The van der Waals surface area contributed by atoms with Gasteiger partial charge in [0.25, 0.3) is 0 Å². The van der Waals surface area contributed by atoms with Crippen LogP contribution in [0.1, 0.15) is 34.2 Å². The molecule has 0 aliphatic carbocycles. The maximum Gasteiger partial charge on any atom is 0.330 e. The van der Waals surface area contributed by atoms with Crippen LogP contribution in [0.3, 0.4) is 0 Å². The van der Waals surface area contributed by atoms with Crippen molar-refractivity contribution in [1.29, 1.82) is 0 Å². The largest absolute Gasteiger partial charge is 0.466 e. The molecule has 5 rings (SSSR count). The molecule has 0 bridgehead atoms. The molecule has 1 aliphatic heterocycles. The molecule has 42 heavy (non-hydrogen) atoms. The first kappa shape index (κ1) is 28.9. The number of carbonyl (C=O) groups is 2. The number of fused-ring (bicyclic) bond motifs is 1. The van der Waals surface area contributed by atoms with Gasteiger partial charge in [-0.3, -0.25) is 9.69 Å². The summed E-state index contributed by atoms with van der Waals surface area (Å²) in [6.45, 7) is 6.69. The predicted octanol–water partition coefficient (Wildman–Crippen LogP) is 3.27. The van der Waals surface area contributed by atoms with Crippen molar-refractivity contribution in [2.45, 2.75) is 26.6 Å². The number of aromatic nitrogens is 4. The highest BCUT2D eigenvalue weighted by atomic mass is 16.5. The van der Waals surface area contributed by atoms with Crippen LogP contribution in [0.4, 0.5) is 5.82 Å². The molecule has 2 aromatic carbocycles. The highest BCUT2D eigenvalue weighted by Gasteiger charge is 2.24. The minimum atomic E-state index is -0.498. The van der Waals surface area contributed by atoms with E-state index in [0.717, 1.165) is 39.5 Å². The second-order valence-electron chi connectivity index (χ2n) is 10.1. The number of imidazole rings is 1. The fraction of sp³-hybridized carbons (Fsp3) is 0.323. The molecule has 2 aromatic heterocycles. The van der Waals surface area contributed by atoms with E-state index in [1.807, 2.05) is 30.3 Å². The van der Waals surface area contributed by atoms with Gasteiger partial charge in [0.1, 0.15) is 5.82 Å². The molecule has 1 fully saturated rings. The van der Waals surface area contributed by atoms with Gasteiger partial charge in [0.15, 0.2) is 22.8 Å². The van der Waals surface area contributed by atoms with Crippen LogP contribution >= 0.6 is 0 Å². The molecule has 0 spiro atoms. The summed E-state index contributed by atoms with van der Waals surface area (Å²) >= 11 is 0. The number of benzene rings is 2. The Kier molecular flexibility index (Phi) is 8.89. The molecule has 0 radical (unpaired) electrons. The Balaban J connectivity index is 1.46. The topological polar surface area (TPSA) is 129 Å². The van der Waals surface area contributed by atoms with Gasteiger partial charge < -0.3 is 24.7 Å². The summed E-state index contributed by atoms with van der Waals surface area (Å²) in [4.78, 5) is 42.6. The molecular weight excluding hydrogens is 534 g/mol. The van der Waals surface area contributed by atoms with Gasteiger partial charge in [0.05, 0.1) is 26.9 Å². The van der Waals surface area contributed by atoms with E-state index in [9.17, 15) is 9.59 Å². The number of carbonyl (C=O) groups excluding carboxylic acids is 2. The van der Waals surface area contributed by atoms with Crippen molar-refractivity contribution in [1.82, 2.24) is 24.4 Å². The monoisotopic (exact) mass is 569 g/mol. The number of amides is 1. The lowest BCUT2D eigenvalue weighted by Crippen LogP contribution is -2.37. The summed E-state index contributed by atoms with van der Waals surface area (Å²) in [5.74, 6) is 1.28. The van der Waals surface area contributed by atoms with E-state index < -0.39 is 5.91 Å². The van der Waals surface area contributed by atoms with Crippen LogP contribution in [0.15, 0.2) is 54.6 Å². The first-order valence-corrected chi connectivity index (χ1v) is 13.9. The molecule has 1 saturated heterocycles. The number of methoxy groups -OCH3 is 1. The number of hydrogen-bond donors (Lipinski definition) is 1. The van der Waals surface area contributed by atoms with Gasteiger partial charge in [0, 0.05) is 43.4 Å². The maximum atomic E-state index is 11.9. The van der Waals surface area contributed by atoms with Gasteiger partial charge >= 0.3 is 5.97 Å². The second kappa shape index (κ2) is 12.9. The van der Waals surface area contributed by atoms with Crippen molar-refractivity contribution in [3.8, 4) is 11.4 Å². The minimum Gasteiger partial charge on any atom is -0.466 e. The van der Waals surface area contributed by atoms with E-state index in [2.05, 4.69) is 33.1 Å². The number of aryl methyl sites for hydroxylation is 1. The van der Waals surface area contributed by atoms with Crippen molar-refractivity contribution in [3.63, 3.8) is 0 Å². The van der Waals surface area contributed by atoms with Crippen molar-refractivity contribution in [2.24, 2.45) is 5.73 Å².